The highest BCUT2D eigenvalue weighted by Crippen LogP contribution is 2.32. The largest absolute Gasteiger partial charge is 0.485 e. The molecule has 2 aliphatic heterocycles. The Morgan fingerprint density at radius 2 is 2.03 bits per heavy atom. The fourth-order valence-electron chi connectivity index (χ4n) is 3.34. The molecular weight excluding hydrogens is 390 g/mol. The Kier molecular flexibility index (Phi) is 4.40. The molecule has 0 aliphatic carbocycles. The van der Waals surface area contributed by atoms with Gasteiger partial charge >= 0.3 is 0 Å². The molecule has 2 amide bonds. The zero-order valence-corrected chi connectivity index (χ0v) is 16.1. The van der Waals surface area contributed by atoms with E-state index in [0.717, 1.165) is 22.5 Å². The number of fused-ring (bicyclic) bond motifs is 2. The molecule has 29 heavy (non-hydrogen) atoms. The number of aryl methyl sites for hydroxylation is 1. The average molecular weight is 407 g/mol. The highest BCUT2D eigenvalue weighted by Gasteiger charge is 2.28. The Bertz CT molecular complexity index is 1110. The predicted molar refractivity (Wildman–Crippen MR) is 109 cm³/mol. The van der Waals surface area contributed by atoms with Crippen LogP contribution in [0, 0.1) is 0 Å². The number of ether oxygens (including phenoxy) is 2. The minimum absolute atomic E-state index is 0.0421. The van der Waals surface area contributed by atoms with Gasteiger partial charge < -0.3 is 14.8 Å². The number of anilines is 2. The van der Waals surface area contributed by atoms with Crippen molar-refractivity contribution in [3.8, 4) is 22.8 Å². The van der Waals surface area contributed by atoms with Crippen LogP contribution >= 0.6 is 11.3 Å². The lowest BCUT2D eigenvalue weighted by Gasteiger charge is -2.25. The number of carbonyl (C=O) groups is 2. The van der Waals surface area contributed by atoms with E-state index in [9.17, 15) is 9.59 Å². The number of aromatic nitrogens is 1. The van der Waals surface area contributed by atoms with E-state index < -0.39 is 6.10 Å². The van der Waals surface area contributed by atoms with Crippen LogP contribution in [0.1, 0.15) is 12.0 Å². The zero-order valence-electron chi connectivity index (χ0n) is 15.3. The summed E-state index contributed by atoms with van der Waals surface area (Å²) in [6.45, 7) is 0.150. The van der Waals surface area contributed by atoms with E-state index in [4.69, 9.17) is 9.47 Å². The zero-order chi connectivity index (χ0) is 19.8. The van der Waals surface area contributed by atoms with Crippen LogP contribution in [-0.2, 0) is 16.0 Å². The third-order valence-corrected chi connectivity index (χ3v) is 5.59. The lowest BCUT2D eigenvalue weighted by Crippen LogP contribution is -2.40. The molecule has 5 rings (SSSR count). The van der Waals surface area contributed by atoms with Crippen molar-refractivity contribution >= 4 is 34.0 Å². The van der Waals surface area contributed by atoms with Gasteiger partial charge in [0.25, 0.3) is 5.91 Å². The molecule has 0 saturated carbocycles. The monoisotopic (exact) mass is 407 g/mol. The van der Waals surface area contributed by atoms with E-state index >= 15 is 0 Å². The third-order valence-electron chi connectivity index (χ3n) is 4.83. The van der Waals surface area contributed by atoms with Crippen molar-refractivity contribution in [3.05, 3.63) is 53.4 Å². The Labute approximate surface area is 170 Å². The van der Waals surface area contributed by atoms with Crippen LogP contribution in [0.25, 0.3) is 11.3 Å². The van der Waals surface area contributed by atoms with Crippen molar-refractivity contribution in [3.63, 3.8) is 0 Å². The van der Waals surface area contributed by atoms with Crippen LogP contribution in [0.5, 0.6) is 11.5 Å². The molecule has 0 saturated heterocycles. The summed E-state index contributed by atoms with van der Waals surface area (Å²) in [5, 5.41) is 8.07. The Hall–Kier alpha value is -3.39. The van der Waals surface area contributed by atoms with Gasteiger partial charge in [-0.3, -0.25) is 14.9 Å². The summed E-state index contributed by atoms with van der Waals surface area (Å²) in [5.41, 5.74) is 3.66. The van der Waals surface area contributed by atoms with E-state index in [1.165, 1.54) is 11.3 Å². The van der Waals surface area contributed by atoms with Crippen molar-refractivity contribution in [1.29, 1.82) is 0 Å². The molecule has 1 unspecified atom stereocenters. The molecule has 3 heterocycles. The van der Waals surface area contributed by atoms with Crippen LogP contribution in [0.15, 0.2) is 47.8 Å². The van der Waals surface area contributed by atoms with Gasteiger partial charge in [0.1, 0.15) is 6.61 Å². The van der Waals surface area contributed by atoms with Crippen molar-refractivity contribution in [1.82, 2.24) is 4.98 Å². The van der Waals surface area contributed by atoms with Gasteiger partial charge in [0.05, 0.1) is 5.69 Å². The van der Waals surface area contributed by atoms with Gasteiger partial charge in [-0.1, -0.05) is 18.2 Å². The van der Waals surface area contributed by atoms with E-state index in [1.807, 2.05) is 35.7 Å². The average Bonchev–Trinajstić information content (AvgIpc) is 3.21. The first-order chi connectivity index (χ1) is 14.2. The van der Waals surface area contributed by atoms with Gasteiger partial charge in [-0.05, 0) is 36.2 Å². The molecule has 0 bridgehead atoms. The second-order valence-corrected chi connectivity index (χ2v) is 7.67. The fourth-order valence-corrected chi connectivity index (χ4v) is 4.06. The third kappa shape index (κ3) is 3.54. The number of para-hydroxylation sites is 2. The van der Waals surface area contributed by atoms with Crippen molar-refractivity contribution in [2.45, 2.75) is 18.9 Å². The van der Waals surface area contributed by atoms with E-state index in [0.29, 0.717) is 29.5 Å². The van der Waals surface area contributed by atoms with Gasteiger partial charge in [-0.15, -0.1) is 11.3 Å². The summed E-state index contributed by atoms with van der Waals surface area (Å²) < 4.78 is 11.3. The summed E-state index contributed by atoms with van der Waals surface area (Å²) in [6.07, 6.45) is 0.467. The quantitative estimate of drug-likeness (QED) is 0.694. The highest BCUT2D eigenvalue weighted by atomic mass is 32.1. The molecule has 8 heteroatoms. The first-order valence-electron chi connectivity index (χ1n) is 9.24. The van der Waals surface area contributed by atoms with Crippen LogP contribution in [0.4, 0.5) is 10.8 Å². The summed E-state index contributed by atoms with van der Waals surface area (Å²) in [7, 11) is 0. The van der Waals surface area contributed by atoms with E-state index in [2.05, 4.69) is 15.6 Å². The van der Waals surface area contributed by atoms with Crippen LogP contribution in [0.3, 0.4) is 0 Å². The van der Waals surface area contributed by atoms with Crippen molar-refractivity contribution < 1.29 is 19.1 Å². The van der Waals surface area contributed by atoms with Gasteiger partial charge in [-0.2, -0.15) is 0 Å². The molecule has 0 spiro atoms. The number of nitrogens with zero attached hydrogens (tertiary/aromatic N) is 1. The standard InChI is InChI=1S/C21H17N3O4S/c25-19-8-6-12-9-13(5-7-14(12)22-19)15-11-29-21(23-15)24-20(26)18-10-27-16-3-1-2-4-17(16)28-18/h1-5,7,9,11,18H,6,8,10H2,(H,22,25)(H,23,24,26). The van der Waals surface area contributed by atoms with E-state index in [1.54, 1.807) is 12.1 Å². The summed E-state index contributed by atoms with van der Waals surface area (Å²) in [4.78, 5) is 28.6. The molecule has 2 aromatic carbocycles. The van der Waals surface area contributed by atoms with Crippen molar-refractivity contribution in [2.75, 3.05) is 17.2 Å². The molecule has 2 aliphatic rings. The predicted octanol–water partition coefficient (Wildman–Crippen LogP) is 3.47. The molecule has 0 radical (unpaired) electrons. The first kappa shape index (κ1) is 17.7. The van der Waals surface area contributed by atoms with Crippen LogP contribution < -0.4 is 20.1 Å². The topological polar surface area (TPSA) is 89.6 Å². The number of hydrogen-bond donors (Lipinski definition) is 2. The maximum atomic E-state index is 12.6. The maximum absolute atomic E-state index is 12.6. The molecule has 1 atom stereocenters. The maximum Gasteiger partial charge on any atom is 0.270 e. The number of rotatable bonds is 3. The molecule has 3 aromatic rings. The number of nitrogens with one attached hydrogen (secondary N) is 2. The number of thiazole rings is 1. The molecule has 7 nitrogen and oxygen atoms in total. The number of benzene rings is 2. The number of hydrogen-bond acceptors (Lipinski definition) is 6. The van der Waals surface area contributed by atoms with E-state index in [-0.39, 0.29) is 18.4 Å². The van der Waals surface area contributed by atoms with Gasteiger partial charge in [-0.25, -0.2) is 4.98 Å². The SMILES string of the molecule is O=C1CCc2cc(-c3csc(NC(=O)C4COc5ccccc5O4)n3)ccc2N1. The second-order valence-electron chi connectivity index (χ2n) is 6.81. The Morgan fingerprint density at radius 3 is 2.93 bits per heavy atom. The lowest BCUT2D eigenvalue weighted by atomic mass is 9.99. The van der Waals surface area contributed by atoms with Gasteiger partial charge in [0, 0.05) is 23.1 Å². The van der Waals surface area contributed by atoms with Gasteiger partial charge in [0.15, 0.2) is 16.6 Å². The number of amides is 2. The normalized spacial score (nSPS) is 17.2. The summed E-state index contributed by atoms with van der Waals surface area (Å²) in [6, 6.07) is 13.1. The van der Waals surface area contributed by atoms with Crippen molar-refractivity contribution in [2.24, 2.45) is 0 Å². The Morgan fingerprint density at radius 1 is 1.17 bits per heavy atom. The number of carbonyl (C=O) groups excluding carboxylic acids is 2. The smallest absolute Gasteiger partial charge is 0.270 e. The van der Waals surface area contributed by atoms with Crippen LogP contribution in [-0.4, -0.2) is 29.5 Å². The minimum atomic E-state index is -0.732. The fraction of sp³-hybridized carbons (Fsp3) is 0.190. The minimum Gasteiger partial charge on any atom is -0.485 e. The first-order valence-corrected chi connectivity index (χ1v) is 10.1. The van der Waals surface area contributed by atoms with Crippen LogP contribution in [0.2, 0.25) is 0 Å². The Balaban J connectivity index is 1.28. The summed E-state index contributed by atoms with van der Waals surface area (Å²) in [5.74, 6) is 0.936. The highest BCUT2D eigenvalue weighted by molar-refractivity contribution is 7.14. The summed E-state index contributed by atoms with van der Waals surface area (Å²) >= 11 is 1.35. The molecule has 2 N–H and O–H groups in total. The van der Waals surface area contributed by atoms with Gasteiger partial charge in [0.2, 0.25) is 12.0 Å². The lowest BCUT2D eigenvalue weighted by molar-refractivity contribution is -0.125. The second kappa shape index (κ2) is 7.21. The molecule has 0 fully saturated rings. The molecular formula is C21H17N3O4S. The molecule has 1 aromatic heterocycles. The molecule has 146 valence electrons.